The van der Waals surface area contributed by atoms with Crippen LogP contribution in [0.4, 0.5) is 5.69 Å². The molecule has 1 heterocycles. The maximum atomic E-state index is 12.5. The first-order chi connectivity index (χ1) is 10.1. The van der Waals surface area contributed by atoms with Crippen LogP contribution in [0.5, 0.6) is 0 Å². The minimum absolute atomic E-state index is 0.210. The Balaban J connectivity index is 2.25. The van der Waals surface area contributed by atoms with Crippen LogP contribution in [0.15, 0.2) is 63.9 Å². The molecule has 4 nitrogen and oxygen atoms in total. The molecule has 0 radical (unpaired) electrons. The van der Waals surface area contributed by atoms with Crippen molar-refractivity contribution in [1.29, 1.82) is 0 Å². The van der Waals surface area contributed by atoms with Gasteiger partial charge in [0.05, 0.1) is 11.4 Å². The second-order valence-corrected chi connectivity index (χ2v) is 5.66. The highest BCUT2D eigenvalue weighted by Gasteiger charge is 2.17. The topological polar surface area (TPSA) is 52.9 Å². The Morgan fingerprint density at radius 1 is 1.00 bits per heavy atom. The van der Waals surface area contributed by atoms with E-state index in [1.807, 2.05) is 61.6 Å². The molecule has 2 aromatic carbocycles. The lowest BCUT2D eigenvalue weighted by Gasteiger charge is -2.10. The molecule has 0 amide bonds. The van der Waals surface area contributed by atoms with Gasteiger partial charge in [0.2, 0.25) is 0 Å². The summed E-state index contributed by atoms with van der Waals surface area (Å²) in [6.45, 7) is 0. The minimum Gasteiger partial charge on any atom is -0.392 e. The number of nitrogen functional groups attached to an aromatic ring is 1. The normalized spacial score (nSPS) is 10.8. The van der Waals surface area contributed by atoms with E-state index in [0.29, 0.717) is 0 Å². The summed E-state index contributed by atoms with van der Waals surface area (Å²) in [5, 5.41) is 0. The molecular formula is C16H14BrN3O. The van der Waals surface area contributed by atoms with E-state index in [0.717, 1.165) is 21.4 Å². The highest BCUT2D eigenvalue weighted by Crippen LogP contribution is 2.24. The van der Waals surface area contributed by atoms with Gasteiger partial charge in [-0.2, -0.15) is 0 Å². The number of nitrogens with zero attached hydrogens (tertiary/aromatic N) is 2. The summed E-state index contributed by atoms with van der Waals surface area (Å²) in [6, 6.07) is 17.2. The van der Waals surface area contributed by atoms with Crippen LogP contribution in [-0.4, -0.2) is 9.36 Å². The third-order valence-electron chi connectivity index (χ3n) is 3.42. The van der Waals surface area contributed by atoms with E-state index in [9.17, 15) is 4.79 Å². The monoisotopic (exact) mass is 343 g/mol. The van der Waals surface area contributed by atoms with Gasteiger partial charge in [0, 0.05) is 17.1 Å². The highest BCUT2D eigenvalue weighted by molar-refractivity contribution is 9.10. The number of aromatic nitrogens is 2. The first-order valence-electron chi connectivity index (χ1n) is 6.48. The molecule has 0 bridgehead atoms. The van der Waals surface area contributed by atoms with E-state index in [1.165, 1.54) is 0 Å². The summed E-state index contributed by atoms with van der Waals surface area (Å²) in [4.78, 5) is 12.5. The minimum atomic E-state index is -0.210. The first kappa shape index (κ1) is 13.7. The van der Waals surface area contributed by atoms with Gasteiger partial charge in [-0.1, -0.05) is 46.3 Å². The standard InChI is InChI=1S/C16H14BrN3O/c1-19-15(11-5-3-2-4-6-11)14(18)16(21)20(19)13-9-7-12(17)8-10-13/h2-10H,18H2,1H3. The van der Waals surface area contributed by atoms with Gasteiger partial charge in [0.15, 0.2) is 0 Å². The summed E-state index contributed by atoms with van der Waals surface area (Å²) < 4.78 is 4.32. The van der Waals surface area contributed by atoms with Gasteiger partial charge >= 0.3 is 0 Å². The van der Waals surface area contributed by atoms with E-state index in [1.54, 1.807) is 9.36 Å². The molecule has 1 aromatic heterocycles. The van der Waals surface area contributed by atoms with Gasteiger partial charge in [0.1, 0.15) is 5.69 Å². The molecule has 0 aliphatic heterocycles. The number of halogens is 1. The molecule has 0 fully saturated rings. The van der Waals surface area contributed by atoms with Gasteiger partial charge in [-0.25, -0.2) is 4.68 Å². The molecule has 106 valence electrons. The molecule has 5 heteroatoms. The highest BCUT2D eigenvalue weighted by atomic mass is 79.9. The summed E-state index contributed by atoms with van der Waals surface area (Å²) >= 11 is 3.39. The Bertz CT molecular complexity index is 832. The van der Waals surface area contributed by atoms with Gasteiger partial charge in [0.25, 0.3) is 5.56 Å². The van der Waals surface area contributed by atoms with Crippen LogP contribution < -0.4 is 11.3 Å². The van der Waals surface area contributed by atoms with Crippen LogP contribution in [-0.2, 0) is 7.05 Å². The maximum absolute atomic E-state index is 12.5. The molecule has 3 aromatic rings. The molecule has 0 atom stereocenters. The van der Waals surface area contributed by atoms with Crippen LogP contribution in [0, 0.1) is 0 Å². The Kier molecular flexibility index (Phi) is 3.43. The second kappa shape index (κ2) is 5.26. The lowest BCUT2D eigenvalue weighted by atomic mass is 10.1. The van der Waals surface area contributed by atoms with Crippen LogP contribution >= 0.6 is 15.9 Å². The van der Waals surface area contributed by atoms with Crippen molar-refractivity contribution >= 4 is 21.6 Å². The van der Waals surface area contributed by atoms with Crippen LogP contribution in [0.25, 0.3) is 16.9 Å². The van der Waals surface area contributed by atoms with E-state index >= 15 is 0 Å². The number of hydrogen-bond donors (Lipinski definition) is 1. The first-order valence-corrected chi connectivity index (χ1v) is 7.27. The average Bonchev–Trinajstić information content (AvgIpc) is 2.72. The molecule has 0 aliphatic rings. The third-order valence-corrected chi connectivity index (χ3v) is 3.95. The Labute approximate surface area is 130 Å². The van der Waals surface area contributed by atoms with E-state index < -0.39 is 0 Å². The largest absolute Gasteiger partial charge is 0.392 e. The number of hydrogen-bond acceptors (Lipinski definition) is 2. The summed E-state index contributed by atoms with van der Waals surface area (Å²) in [5.74, 6) is 0. The summed E-state index contributed by atoms with van der Waals surface area (Å²) in [6.07, 6.45) is 0. The summed E-state index contributed by atoms with van der Waals surface area (Å²) in [7, 11) is 1.84. The van der Waals surface area contributed by atoms with E-state index in [-0.39, 0.29) is 11.2 Å². The van der Waals surface area contributed by atoms with Gasteiger partial charge in [-0.3, -0.25) is 9.48 Å². The third kappa shape index (κ3) is 2.29. The predicted octanol–water partition coefficient (Wildman–Crippen LogP) is 3.19. The smallest absolute Gasteiger partial charge is 0.295 e. The average molecular weight is 344 g/mol. The molecule has 0 aliphatic carbocycles. The predicted molar refractivity (Wildman–Crippen MR) is 88.6 cm³/mol. The second-order valence-electron chi connectivity index (χ2n) is 4.75. The summed E-state index contributed by atoms with van der Waals surface area (Å²) in [5.41, 5.74) is 8.51. The van der Waals surface area contributed by atoms with Crippen molar-refractivity contribution in [2.24, 2.45) is 7.05 Å². The van der Waals surface area contributed by atoms with Crippen LogP contribution in [0.2, 0.25) is 0 Å². The SMILES string of the molecule is Cn1c(-c2ccccc2)c(N)c(=O)n1-c1ccc(Br)cc1. The Morgan fingerprint density at radius 3 is 2.24 bits per heavy atom. The van der Waals surface area contributed by atoms with Crippen molar-refractivity contribution in [3.8, 4) is 16.9 Å². The Hall–Kier alpha value is -2.27. The van der Waals surface area contributed by atoms with Crippen molar-refractivity contribution in [1.82, 2.24) is 9.36 Å². The number of rotatable bonds is 2. The number of anilines is 1. The van der Waals surface area contributed by atoms with Crippen LogP contribution in [0.1, 0.15) is 0 Å². The molecule has 21 heavy (non-hydrogen) atoms. The fraction of sp³-hybridized carbons (Fsp3) is 0.0625. The lowest BCUT2D eigenvalue weighted by molar-refractivity contribution is 0.652. The number of benzene rings is 2. The fourth-order valence-corrected chi connectivity index (χ4v) is 2.70. The lowest BCUT2D eigenvalue weighted by Crippen LogP contribution is -2.20. The van der Waals surface area contributed by atoms with Crippen molar-refractivity contribution in [2.45, 2.75) is 0 Å². The van der Waals surface area contributed by atoms with Crippen molar-refractivity contribution in [3.05, 3.63) is 69.4 Å². The zero-order valence-corrected chi connectivity index (χ0v) is 13.0. The molecule has 0 saturated carbocycles. The fourth-order valence-electron chi connectivity index (χ4n) is 2.44. The molecular weight excluding hydrogens is 330 g/mol. The van der Waals surface area contributed by atoms with Gasteiger partial charge in [-0.05, 0) is 24.3 Å². The number of nitrogens with two attached hydrogens (primary N) is 1. The molecule has 0 saturated heterocycles. The van der Waals surface area contributed by atoms with Crippen molar-refractivity contribution in [3.63, 3.8) is 0 Å². The van der Waals surface area contributed by atoms with Gasteiger partial charge in [-0.15, -0.1) is 0 Å². The van der Waals surface area contributed by atoms with Crippen molar-refractivity contribution < 1.29 is 0 Å². The van der Waals surface area contributed by atoms with Crippen molar-refractivity contribution in [2.75, 3.05) is 5.73 Å². The Morgan fingerprint density at radius 2 is 1.62 bits per heavy atom. The van der Waals surface area contributed by atoms with Gasteiger partial charge < -0.3 is 5.73 Å². The molecule has 2 N–H and O–H groups in total. The molecule has 3 rings (SSSR count). The zero-order valence-electron chi connectivity index (χ0n) is 11.5. The quantitative estimate of drug-likeness (QED) is 0.776. The maximum Gasteiger partial charge on any atom is 0.295 e. The molecule has 0 spiro atoms. The zero-order chi connectivity index (χ0) is 15.0. The van der Waals surface area contributed by atoms with E-state index in [2.05, 4.69) is 15.9 Å². The molecule has 0 unspecified atom stereocenters. The van der Waals surface area contributed by atoms with E-state index in [4.69, 9.17) is 5.73 Å². The van der Waals surface area contributed by atoms with Crippen LogP contribution in [0.3, 0.4) is 0 Å².